The maximum Gasteiger partial charge on any atom is 0.271 e. The predicted octanol–water partition coefficient (Wildman–Crippen LogP) is 7.48. The molecule has 1 amide bonds. The molecule has 0 radical (unpaired) electrons. The summed E-state index contributed by atoms with van der Waals surface area (Å²) in [6, 6.07) is 33.7. The van der Waals surface area contributed by atoms with Gasteiger partial charge in [0, 0.05) is 22.0 Å². The molecule has 190 valence electrons. The summed E-state index contributed by atoms with van der Waals surface area (Å²) in [5.41, 5.74) is 9.51. The molecule has 5 nitrogen and oxygen atoms in total. The molecular formula is C33H31N3O2. The van der Waals surface area contributed by atoms with E-state index in [9.17, 15) is 4.79 Å². The summed E-state index contributed by atoms with van der Waals surface area (Å²) in [6.07, 6.45) is 1.70. The van der Waals surface area contributed by atoms with Crippen molar-refractivity contribution in [2.45, 2.75) is 32.8 Å². The molecule has 0 atom stereocenters. The van der Waals surface area contributed by atoms with Gasteiger partial charge in [0.25, 0.3) is 5.91 Å². The largest absolute Gasteiger partial charge is 0.489 e. The summed E-state index contributed by atoms with van der Waals surface area (Å²) in [6.45, 7) is 7.00. The summed E-state index contributed by atoms with van der Waals surface area (Å²) in [5, 5.41) is 5.32. The Bertz CT molecular complexity index is 1560. The Labute approximate surface area is 223 Å². The Kier molecular flexibility index (Phi) is 7.09. The Balaban J connectivity index is 1.23. The highest BCUT2D eigenvalue weighted by atomic mass is 16.5. The van der Waals surface area contributed by atoms with E-state index in [1.807, 2.05) is 78.9 Å². The first kappa shape index (κ1) is 25.0. The van der Waals surface area contributed by atoms with Gasteiger partial charge in [-0.1, -0.05) is 93.6 Å². The Morgan fingerprint density at radius 2 is 1.55 bits per heavy atom. The second-order valence-corrected chi connectivity index (χ2v) is 10.3. The van der Waals surface area contributed by atoms with Gasteiger partial charge in [0.2, 0.25) is 0 Å². The summed E-state index contributed by atoms with van der Waals surface area (Å²) in [4.78, 5) is 16.2. The zero-order chi connectivity index (χ0) is 26.5. The van der Waals surface area contributed by atoms with Crippen molar-refractivity contribution in [3.63, 3.8) is 0 Å². The number of aromatic amines is 1. The van der Waals surface area contributed by atoms with E-state index in [1.165, 1.54) is 5.56 Å². The smallest absolute Gasteiger partial charge is 0.271 e. The number of aromatic nitrogens is 1. The number of rotatable bonds is 7. The van der Waals surface area contributed by atoms with Crippen molar-refractivity contribution in [1.29, 1.82) is 0 Å². The Morgan fingerprint density at radius 3 is 2.26 bits per heavy atom. The molecule has 4 aromatic carbocycles. The minimum Gasteiger partial charge on any atom is -0.489 e. The fourth-order valence-electron chi connectivity index (χ4n) is 4.32. The zero-order valence-electron chi connectivity index (χ0n) is 21.9. The van der Waals surface area contributed by atoms with E-state index < -0.39 is 0 Å². The second kappa shape index (κ2) is 10.8. The molecule has 0 spiro atoms. The highest BCUT2D eigenvalue weighted by Gasteiger charge is 2.13. The van der Waals surface area contributed by atoms with E-state index in [0.717, 1.165) is 39.0 Å². The van der Waals surface area contributed by atoms with Gasteiger partial charge >= 0.3 is 0 Å². The van der Waals surface area contributed by atoms with Gasteiger partial charge in [0.15, 0.2) is 0 Å². The van der Waals surface area contributed by atoms with Crippen LogP contribution in [0.1, 0.15) is 47.8 Å². The summed E-state index contributed by atoms with van der Waals surface area (Å²) < 4.78 is 5.92. The topological polar surface area (TPSA) is 66.5 Å². The third kappa shape index (κ3) is 5.68. The molecule has 0 bridgehead atoms. The average Bonchev–Trinajstić information content (AvgIpc) is 3.31. The lowest BCUT2D eigenvalue weighted by molar-refractivity contribution is 0.0955. The summed E-state index contributed by atoms with van der Waals surface area (Å²) in [7, 11) is 0. The average molecular weight is 502 g/mol. The molecular weight excluding hydrogens is 470 g/mol. The molecule has 2 N–H and O–H groups in total. The molecule has 38 heavy (non-hydrogen) atoms. The number of ether oxygens (including phenoxy) is 1. The van der Waals surface area contributed by atoms with Crippen molar-refractivity contribution in [3.05, 3.63) is 125 Å². The quantitative estimate of drug-likeness (QED) is 0.179. The molecule has 5 rings (SSSR count). The molecule has 5 aromatic rings. The number of amides is 1. The van der Waals surface area contributed by atoms with Gasteiger partial charge in [0.05, 0.1) is 11.9 Å². The van der Waals surface area contributed by atoms with Crippen LogP contribution in [0, 0.1) is 0 Å². The van der Waals surface area contributed by atoms with Crippen molar-refractivity contribution in [1.82, 2.24) is 10.4 Å². The number of carbonyl (C=O) groups excluding carboxylic acids is 1. The van der Waals surface area contributed by atoms with Crippen LogP contribution in [0.15, 0.2) is 108 Å². The van der Waals surface area contributed by atoms with Gasteiger partial charge in [-0.3, -0.25) is 4.79 Å². The number of fused-ring (bicyclic) bond motifs is 1. The van der Waals surface area contributed by atoms with Gasteiger partial charge in [-0.05, 0) is 52.4 Å². The number of benzene rings is 4. The number of hydrogen-bond acceptors (Lipinski definition) is 3. The predicted molar refractivity (Wildman–Crippen MR) is 155 cm³/mol. The molecule has 0 saturated carbocycles. The highest BCUT2D eigenvalue weighted by molar-refractivity contribution is 6.06. The molecule has 0 aliphatic carbocycles. The van der Waals surface area contributed by atoms with Crippen molar-refractivity contribution < 1.29 is 9.53 Å². The van der Waals surface area contributed by atoms with E-state index in [2.05, 4.69) is 48.4 Å². The van der Waals surface area contributed by atoms with Gasteiger partial charge < -0.3 is 9.72 Å². The summed E-state index contributed by atoms with van der Waals surface area (Å²) >= 11 is 0. The lowest BCUT2D eigenvalue weighted by atomic mass is 9.87. The van der Waals surface area contributed by atoms with Gasteiger partial charge in [-0.15, -0.1) is 0 Å². The van der Waals surface area contributed by atoms with E-state index in [-0.39, 0.29) is 11.3 Å². The van der Waals surface area contributed by atoms with E-state index in [1.54, 1.807) is 18.3 Å². The van der Waals surface area contributed by atoms with E-state index in [4.69, 9.17) is 4.74 Å². The second-order valence-electron chi connectivity index (χ2n) is 10.3. The van der Waals surface area contributed by atoms with Gasteiger partial charge in [-0.2, -0.15) is 5.10 Å². The van der Waals surface area contributed by atoms with Crippen molar-refractivity contribution in [3.8, 4) is 17.0 Å². The third-order valence-electron chi connectivity index (χ3n) is 6.51. The molecule has 1 aromatic heterocycles. The molecule has 0 aliphatic heterocycles. The number of para-hydroxylation sites is 1. The van der Waals surface area contributed by atoms with Crippen molar-refractivity contribution >= 4 is 23.0 Å². The molecule has 1 heterocycles. The molecule has 5 heteroatoms. The normalized spacial score (nSPS) is 11.7. The zero-order valence-corrected chi connectivity index (χ0v) is 21.9. The number of carbonyl (C=O) groups is 1. The first-order valence-corrected chi connectivity index (χ1v) is 12.7. The fourth-order valence-corrected chi connectivity index (χ4v) is 4.32. The minimum atomic E-state index is -0.271. The van der Waals surface area contributed by atoms with Gasteiger partial charge in [-0.25, -0.2) is 5.43 Å². The van der Waals surface area contributed by atoms with E-state index in [0.29, 0.717) is 12.2 Å². The molecule has 0 fully saturated rings. The lowest BCUT2D eigenvalue weighted by Gasteiger charge is -2.19. The molecule has 0 saturated heterocycles. The number of nitrogens with zero attached hydrogens (tertiary/aromatic N) is 1. The fraction of sp³-hybridized carbons (Fsp3) is 0.152. The number of hydrazone groups is 1. The summed E-state index contributed by atoms with van der Waals surface area (Å²) in [5.74, 6) is 0.550. The SMILES string of the molecule is CC(C)(C)c1ccc(OCc2ccc(C(=O)N/N=C/c3c(-c4ccccc4)[nH]c4ccccc34)cc2)cc1. The Morgan fingerprint density at radius 1 is 0.868 bits per heavy atom. The lowest BCUT2D eigenvalue weighted by Crippen LogP contribution is -2.17. The van der Waals surface area contributed by atoms with Gasteiger partial charge in [0.1, 0.15) is 12.4 Å². The van der Waals surface area contributed by atoms with Crippen LogP contribution in [0.3, 0.4) is 0 Å². The van der Waals surface area contributed by atoms with Crippen molar-refractivity contribution in [2.24, 2.45) is 5.10 Å². The van der Waals surface area contributed by atoms with Crippen LogP contribution in [0.25, 0.3) is 22.2 Å². The minimum absolute atomic E-state index is 0.110. The van der Waals surface area contributed by atoms with Crippen LogP contribution in [0.2, 0.25) is 0 Å². The molecule has 0 aliphatic rings. The first-order valence-electron chi connectivity index (χ1n) is 12.7. The standard InChI is InChI=1S/C33H31N3O2/c1-33(2,3)26-17-19-27(20-18-26)38-22-23-13-15-25(16-14-23)32(37)36-34-21-29-28-11-7-8-12-30(28)35-31(29)24-9-5-4-6-10-24/h4-21,35H,22H2,1-3H3,(H,36,37)/b34-21+. The number of nitrogens with one attached hydrogen (secondary N) is 2. The number of hydrogen-bond donors (Lipinski definition) is 2. The Hall–Kier alpha value is -4.64. The monoisotopic (exact) mass is 501 g/mol. The van der Waals surface area contributed by atoms with Crippen LogP contribution >= 0.6 is 0 Å². The number of H-pyrrole nitrogens is 1. The maximum absolute atomic E-state index is 12.7. The maximum atomic E-state index is 12.7. The third-order valence-corrected chi connectivity index (χ3v) is 6.51. The highest BCUT2D eigenvalue weighted by Crippen LogP contribution is 2.29. The van der Waals surface area contributed by atoms with Crippen LogP contribution in [0.4, 0.5) is 0 Å². The van der Waals surface area contributed by atoms with Crippen molar-refractivity contribution in [2.75, 3.05) is 0 Å². The van der Waals surface area contributed by atoms with Crippen LogP contribution in [-0.2, 0) is 12.0 Å². The van der Waals surface area contributed by atoms with Crippen LogP contribution in [-0.4, -0.2) is 17.1 Å². The van der Waals surface area contributed by atoms with Crippen LogP contribution < -0.4 is 10.2 Å². The first-order chi connectivity index (χ1) is 18.4. The molecule has 0 unspecified atom stereocenters. The van der Waals surface area contributed by atoms with E-state index >= 15 is 0 Å². The van der Waals surface area contributed by atoms with Crippen LogP contribution in [0.5, 0.6) is 5.75 Å².